The quantitative estimate of drug-likeness (QED) is 0.751. The minimum Gasteiger partial charge on any atom is -0.306 e. The molecule has 1 aromatic carbocycles. The van der Waals surface area contributed by atoms with Gasteiger partial charge in [0.05, 0.1) is 6.04 Å². The van der Waals surface area contributed by atoms with Crippen molar-refractivity contribution in [1.29, 1.82) is 0 Å². The third-order valence-corrected chi connectivity index (χ3v) is 5.22. The predicted molar refractivity (Wildman–Crippen MR) is 86.4 cm³/mol. The van der Waals surface area contributed by atoms with Crippen molar-refractivity contribution in [3.63, 3.8) is 0 Å². The van der Waals surface area contributed by atoms with Gasteiger partial charge in [-0.2, -0.15) is 0 Å². The van der Waals surface area contributed by atoms with Crippen molar-refractivity contribution < 1.29 is 0 Å². The van der Waals surface area contributed by atoms with Crippen LogP contribution in [0.2, 0.25) is 0 Å². The van der Waals surface area contributed by atoms with Crippen LogP contribution in [-0.2, 0) is 0 Å². The Balaban J connectivity index is 2.42. The van der Waals surface area contributed by atoms with E-state index in [1.165, 1.54) is 19.8 Å². The van der Waals surface area contributed by atoms with Crippen LogP contribution in [0.3, 0.4) is 0 Å². The SMILES string of the molecule is CCNC(c1cccc(Br)c1)c1sc(C)cc1Br. The Morgan fingerprint density at radius 3 is 2.61 bits per heavy atom. The number of rotatable bonds is 4. The maximum atomic E-state index is 3.66. The lowest BCUT2D eigenvalue weighted by molar-refractivity contribution is 0.637. The highest BCUT2D eigenvalue weighted by Gasteiger charge is 2.18. The summed E-state index contributed by atoms with van der Waals surface area (Å²) < 4.78 is 2.31. The zero-order chi connectivity index (χ0) is 13.1. The Morgan fingerprint density at radius 2 is 2.06 bits per heavy atom. The van der Waals surface area contributed by atoms with Gasteiger partial charge in [-0.3, -0.25) is 0 Å². The molecule has 18 heavy (non-hydrogen) atoms. The van der Waals surface area contributed by atoms with E-state index in [1.54, 1.807) is 0 Å². The van der Waals surface area contributed by atoms with Crippen LogP contribution in [-0.4, -0.2) is 6.54 Å². The molecule has 1 atom stereocenters. The second-order valence-electron chi connectivity index (χ2n) is 4.11. The lowest BCUT2D eigenvalue weighted by atomic mass is 10.1. The van der Waals surface area contributed by atoms with Gasteiger partial charge in [0.15, 0.2) is 0 Å². The molecule has 0 saturated heterocycles. The molecule has 1 unspecified atom stereocenters. The fourth-order valence-electron chi connectivity index (χ4n) is 1.95. The van der Waals surface area contributed by atoms with Crippen molar-refractivity contribution in [3.05, 3.63) is 54.6 Å². The fraction of sp³-hybridized carbons (Fsp3) is 0.286. The Hall–Kier alpha value is -0.160. The third-order valence-electron chi connectivity index (χ3n) is 2.69. The maximum Gasteiger partial charge on any atom is 0.0682 e. The van der Waals surface area contributed by atoms with Gasteiger partial charge in [0.25, 0.3) is 0 Å². The average Bonchev–Trinajstić information content (AvgIpc) is 2.65. The van der Waals surface area contributed by atoms with Crippen molar-refractivity contribution >= 4 is 43.2 Å². The summed E-state index contributed by atoms with van der Waals surface area (Å²) in [5.41, 5.74) is 1.29. The summed E-state index contributed by atoms with van der Waals surface area (Å²) in [6.45, 7) is 5.22. The fourth-order valence-corrected chi connectivity index (χ4v) is 4.35. The van der Waals surface area contributed by atoms with E-state index in [9.17, 15) is 0 Å². The molecule has 1 nitrogen and oxygen atoms in total. The van der Waals surface area contributed by atoms with E-state index in [0.29, 0.717) is 0 Å². The summed E-state index contributed by atoms with van der Waals surface area (Å²) in [5, 5.41) is 3.56. The largest absolute Gasteiger partial charge is 0.306 e. The lowest BCUT2D eigenvalue weighted by Gasteiger charge is -2.18. The number of nitrogens with one attached hydrogen (secondary N) is 1. The molecule has 96 valence electrons. The molecule has 1 heterocycles. The van der Waals surface area contributed by atoms with Crippen molar-refractivity contribution in [3.8, 4) is 0 Å². The Morgan fingerprint density at radius 1 is 1.28 bits per heavy atom. The first kappa shape index (κ1) is 14.3. The molecule has 1 N–H and O–H groups in total. The third kappa shape index (κ3) is 3.23. The Bertz CT molecular complexity index is 536. The summed E-state index contributed by atoms with van der Waals surface area (Å²) >= 11 is 9.04. The first-order valence-corrected chi connectivity index (χ1v) is 8.26. The van der Waals surface area contributed by atoms with E-state index in [4.69, 9.17) is 0 Å². The van der Waals surface area contributed by atoms with Crippen LogP contribution in [0.4, 0.5) is 0 Å². The number of hydrogen-bond donors (Lipinski definition) is 1. The van der Waals surface area contributed by atoms with Crippen LogP contribution < -0.4 is 5.32 Å². The van der Waals surface area contributed by atoms with Gasteiger partial charge >= 0.3 is 0 Å². The summed E-state index contributed by atoms with van der Waals surface area (Å²) in [6.07, 6.45) is 0. The van der Waals surface area contributed by atoms with Gasteiger partial charge in [-0.15, -0.1) is 11.3 Å². The molecule has 0 saturated carbocycles. The minimum atomic E-state index is 0.251. The molecule has 2 rings (SSSR count). The number of benzene rings is 1. The molecule has 0 fully saturated rings. The summed E-state index contributed by atoms with van der Waals surface area (Å²) in [6, 6.07) is 10.9. The Labute approximate surface area is 129 Å². The zero-order valence-corrected chi connectivity index (χ0v) is 14.3. The van der Waals surface area contributed by atoms with E-state index in [-0.39, 0.29) is 6.04 Å². The van der Waals surface area contributed by atoms with Crippen LogP contribution in [0, 0.1) is 6.92 Å². The highest BCUT2D eigenvalue weighted by atomic mass is 79.9. The zero-order valence-electron chi connectivity index (χ0n) is 10.3. The number of hydrogen-bond acceptors (Lipinski definition) is 2. The van der Waals surface area contributed by atoms with E-state index in [0.717, 1.165) is 11.0 Å². The average molecular weight is 389 g/mol. The van der Waals surface area contributed by atoms with E-state index in [2.05, 4.69) is 81.4 Å². The first-order valence-electron chi connectivity index (χ1n) is 5.86. The highest BCUT2D eigenvalue weighted by Crippen LogP contribution is 2.36. The van der Waals surface area contributed by atoms with E-state index < -0.39 is 0 Å². The van der Waals surface area contributed by atoms with Crippen LogP contribution in [0.5, 0.6) is 0 Å². The normalized spacial score (nSPS) is 12.7. The minimum absolute atomic E-state index is 0.251. The second-order valence-corrected chi connectivity index (χ2v) is 7.17. The Kier molecular flexibility index (Phi) is 5.01. The molecule has 0 aliphatic rings. The predicted octanol–water partition coefficient (Wildman–Crippen LogP) is 5.28. The van der Waals surface area contributed by atoms with Gasteiger partial charge in [-0.05, 0) is 53.2 Å². The molecule has 0 aliphatic carbocycles. The van der Waals surface area contributed by atoms with Crippen LogP contribution in [0.1, 0.15) is 28.3 Å². The van der Waals surface area contributed by atoms with Gasteiger partial charge in [-0.1, -0.05) is 35.0 Å². The number of aryl methyl sites for hydroxylation is 1. The summed E-state index contributed by atoms with van der Waals surface area (Å²) in [4.78, 5) is 2.67. The molecule has 4 heteroatoms. The molecule has 0 amide bonds. The molecule has 2 aromatic rings. The highest BCUT2D eigenvalue weighted by molar-refractivity contribution is 9.10. The van der Waals surface area contributed by atoms with Crippen molar-refractivity contribution in [1.82, 2.24) is 5.32 Å². The molecule has 0 bridgehead atoms. The van der Waals surface area contributed by atoms with Gasteiger partial charge in [0.1, 0.15) is 0 Å². The van der Waals surface area contributed by atoms with Crippen LogP contribution in [0.25, 0.3) is 0 Å². The molecule has 0 aliphatic heterocycles. The topological polar surface area (TPSA) is 12.0 Å². The van der Waals surface area contributed by atoms with Gasteiger partial charge < -0.3 is 5.32 Å². The van der Waals surface area contributed by atoms with Gasteiger partial charge in [0.2, 0.25) is 0 Å². The second kappa shape index (κ2) is 6.33. The van der Waals surface area contributed by atoms with Crippen LogP contribution >= 0.6 is 43.2 Å². The van der Waals surface area contributed by atoms with E-state index >= 15 is 0 Å². The molecular formula is C14H15Br2NS. The van der Waals surface area contributed by atoms with Crippen molar-refractivity contribution in [2.75, 3.05) is 6.54 Å². The number of thiophene rings is 1. The monoisotopic (exact) mass is 387 g/mol. The standard InChI is InChI=1S/C14H15Br2NS/c1-3-17-13(10-5-4-6-11(15)8-10)14-12(16)7-9(2)18-14/h4-8,13,17H,3H2,1-2H3. The summed E-state index contributed by atoms with van der Waals surface area (Å²) in [5.74, 6) is 0. The van der Waals surface area contributed by atoms with Crippen molar-refractivity contribution in [2.45, 2.75) is 19.9 Å². The van der Waals surface area contributed by atoms with Crippen LogP contribution in [0.15, 0.2) is 39.3 Å². The smallest absolute Gasteiger partial charge is 0.0682 e. The molecule has 0 spiro atoms. The molecule has 0 radical (unpaired) electrons. The molecular weight excluding hydrogens is 374 g/mol. The van der Waals surface area contributed by atoms with Gasteiger partial charge in [-0.25, -0.2) is 0 Å². The van der Waals surface area contributed by atoms with E-state index in [1.807, 2.05) is 11.3 Å². The summed E-state index contributed by atoms with van der Waals surface area (Å²) in [7, 11) is 0. The molecule has 1 aromatic heterocycles. The maximum absolute atomic E-state index is 3.66. The number of halogens is 2. The first-order chi connectivity index (χ1) is 8.61. The van der Waals surface area contributed by atoms with Crippen molar-refractivity contribution in [2.24, 2.45) is 0 Å². The lowest BCUT2D eigenvalue weighted by Crippen LogP contribution is -2.21. The van der Waals surface area contributed by atoms with Gasteiger partial charge in [0, 0.05) is 18.7 Å².